The first-order valence-corrected chi connectivity index (χ1v) is 11.7. The highest BCUT2D eigenvalue weighted by Crippen LogP contribution is 2.27. The summed E-state index contributed by atoms with van der Waals surface area (Å²) in [6.45, 7) is 1.58. The molecule has 1 unspecified atom stereocenters. The quantitative estimate of drug-likeness (QED) is 0.531. The van der Waals surface area contributed by atoms with E-state index in [0.717, 1.165) is 36.4 Å². The van der Waals surface area contributed by atoms with E-state index in [0.29, 0.717) is 18.6 Å². The summed E-state index contributed by atoms with van der Waals surface area (Å²) in [7, 11) is 1.89. The highest BCUT2D eigenvalue weighted by atomic mass is 32.1. The second-order valence-electron chi connectivity index (χ2n) is 8.19. The number of carboxylic acid groups (broad SMARTS) is 1. The first-order valence-electron chi connectivity index (χ1n) is 10.9. The van der Waals surface area contributed by atoms with Crippen molar-refractivity contribution in [3.8, 4) is 5.75 Å². The number of thiophene rings is 1. The van der Waals surface area contributed by atoms with Crippen LogP contribution in [0.2, 0.25) is 0 Å². The van der Waals surface area contributed by atoms with E-state index >= 15 is 0 Å². The number of ether oxygens (including phenoxy) is 1. The van der Waals surface area contributed by atoms with Gasteiger partial charge in [-0.15, -0.1) is 11.3 Å². The fourth-order valence-corrected chi connectivity index (χ4v) is 5.29. The van der Waals surface area contributed by atoms with Crippen molar-refractivity contribution in [1.82, 2.24) is 9.80 Å². The maximum atomic E-state index is 13.2. The van der Waals surface area contributed by atoms with Crippen LogP contribution in [0.5, 0.6) is 5.75 Å². The Hall–Kier alpha value is -2.90. The summed E-state index contributed by atoms with van der Waals surface area (Å²) in [5.74, 6) is -0.368. The van der Waals surface area contributed by atoms with Crippen LogP contribution in [-0.4, -0.2) is 59.7 Å². The average molecular weight is 453 g/mol. The zero-order valence-electron chi connectivity index (χ0n) is 18.2. The number of carboxylic acids is 1. The Kier molecular flexibility index (Phi) is 7.07. The molecule has 32 heavy (non-hydrogen) atoms. The average Bonchev–Trinajstić information content (AvgIpc) is 3.45. The van der Waals surface area contributed by atoms with Crippen LogP contribution in [-0.2, 0) is 22.4 Å². The van der Waals surface area contributed by atoms with E-state index < -0.39 is 5.97 Å². The van der Waals surface area contributed by atoms with Crippen molar-refractivity contribution >= 4 is 33.3 Å². The van der Waals surface area contributed by atoms with Gasteiger partial charge in [-0.3, -0.25) is 9.69 Å². The maximum Gasteiger partial charge on any atom is 0.341 e. The molecular weight excluding hydrogens is 424 g/mol. The molecule has 2 heterocycles. The van der Waals surface area contributed by atoms with Gasteiger partial charge in [-0.25, -0.2) is 4.79 Å². The van der Waals surface area contributed by atoms with E-state index in [9.17, 15) is 9.59 Å². The minimum atomic E-state index is -1.00. The Morgan fingerprint density at radius 2 is 1.91 bits per heavy atom. The van der Waals surface area contributed by atoms with E-state index in [1.807, 2.05) is 42.3 Å². The van der Waals surface area contributed by atoms with Gasteiger partial charge in [0, 0.05) is 36.1 Å². The van der Waals surface area contributed by atoms with Crippen molar-refractivity contribution in [3.63, 3.8) is 0 Å². The minimum Gasteiger partial charge on any atom is -0.482 e. The van der Waals surface area contributed by atoms with Crippen molar-refractivity contribution in [2.24, 2.45) is 0 Å². The van der Waals surface area contributed by atoms with Gasteiger partial charge in [0.1, 0.15) is 5.75 Å². The molecule has 0 aliphatic carbocycles. The molecular formula is C25H28N2O4S. The molecule has 1 aromatic heterocycles. The number of fused-ring (bicyclic) bond motifs is 1. The van der Waals surface area contributed by atoms with Gasteiger partial charge in [-0.2, -0.15) is 0 Å². The lowest BCUT2D eigenvalue weighted by Crippen LogP contribution is -2.49. The molecule has 0 spiro atoms. The molecule has 1 saturated heterocycles. The summed E-state index contributed by atoms with van der Waals surface area (Å²) in [6, 6.07) is 17.8. The van der Waals surface area contributed by atoms with Crippen molar-refractivity contribution in [2.75, 3.05) is 26.7 Å². The van der Waals surface area contributed by atoms with E-state index in [2.05, 4.69) is 23.1 Å². The van der Waals surface area contributed by atoms with Crippen molar-refractivity contribution in [2.45, 2.75) is 31.8 Å². The molecule has 168 valence electrons. The second-order valence-corrected chi connectivity index (χ2v) is 9.36. The van der Waals surface area contributed by atoms with Gasteiger partial charge in [0.25, 0.3) is 0 Å². The highest BCUT2D eigenvalue weighted by Gasteiger charge is 2.29. The van der Waals surface area contributed by atoms with Crippen LogP contribution in [0.1, 0.15) is 23.3 Å². The molecule has 1 atom stereocenters. The van der Waals surface area contributed by atoms with Gasteiger partial charge in [0.2, 0.25) is 5.91 Å². The normalized spacial score (nSPS) is 15.0. The molecule has 0 radical (unpaired) electrons. The van der Waals surface area contributed by atoms with E-state index in [4.69, 9.17) is 9.84 Å². The smallest absolute Gasteiger partial charge is 0.341 e. The molecule has 1 aliphatic rings. The van der Waals surface area contributed by atoms with Gasteiger partial charge in [-0.05, 0) is 48.1 Å². The molecule has 1 amide bonds. The maximum absolute atomic E-state index is 13.2. The lowest BCUT2D eigenvalue weighted by Gasteiger charge is -2.35. The number of likely N-dealkylation sites (N-methyl/N-ethyl adjacent to an activating group) is 1. The van der Waals surface area contributed by atoms with Crippen LogP contribution < -0.4 is 4.74 Å². The number of likely N-dealkylation sites (tertiary alicyclic amines) is 1. The third-order valence-corrected chi connectivity index (χ3v) is 7.00. The topological polar surface area (TPSA) is 70.1 Å². The predicted octanol–water partition coefficient (Wildman–Crippen LogP) is 4.03. The lowest BCUT2D eigenvalue weighted by molar-refractivity contribution is -0.139. The molecule has 0 saturated carbocycles. The molecule has 7 heteroatoms. The number of nitrogens with zero attached hydrogens (tertiary/aromatic N) is 2. The first-order chi connectivity index (χ1) is 15.5. The fraction of sp³-hybridized carbons (Fsp3) is 0.360. The SMILES string of the molecule is CN(C(=O)Cc1cc2ccccc2s1)C(Cc1cccc(OCC(=O)O)c1)N1CCCC1. The van der Waals surface area contributed by atoms with Gasteiger partial charge in [0.05, 0.1) is 12.6 Å². The van der Waals surface area contributed by atoms with Crippen LogP contribution >= 0.6 is 11.3 Å². The highest BCUT2D eigenvalue weighted by molar-refractivity contribution is 7.19. The number of hydrogen-bond acceptors (Lipinski definition) is 5. The first kappa shape index (κ1) is 22.3. The second kappa shape index (κ2) is 10.1. The van der Waals surface area contributed by atoms with Crippen LogP contribution in [0.4, 0.5) is 0 Å². The minimum absolute atomic E-state index is 0.0471. The Morgan fingerprint density at radius 3 is 2.66 bits per heavy atom. The number of carbonyl (C=O) groups is 2. The van der Waals surface area contributed by atoms with Gasteiger partial charge < -0.3 is 14.7 Å². The van der Waals surface area contributed by atoms with Crippen LogP contribution in [0.15, 0.2) is 54.6 Å². The standard InChI is InChI=1S/C25H28N2O4S/c1-26(24(28)16-21-15-19-8-2-3-10-22(19)32-21)23(27-11-4-5-12-27)14-18-7-6-9-20(13-18)31-17-25(29)30/h2-3,6-10,13,15,23H,4-5,11-12,14,16-17H2,1H3,(H,29,30). The fourth-order valence-electron chi connectivity index (χ4n) is 4.23. The van der Waals surface area contributed by atoms with E-state index in [1.165, 1.54) is 10.1 Å². The van der Waals surface area contributed by atoms with E-state index in [-0.39, 0.29) is 18.7 Å². The molecule has 6 nitrogen and oxygen atoms in total. The molecule has 4 rings (SSSR count). The van der Waals surface area contributed by atoms with Crippen molar-refractivity contribution in [3.05, 3.63) is 65.0 Å². The predicted molar refractivity (Wildman–Crippen MR) is 126 cm³/mol. The third-order valence-electron chi connectivity index (χ3n) is 5.88. The number of aliphatic carboxylic acids is 1. The van der Waals surface area contributed by atoms with Crippen molar-refractivity contribution in [1.29, 1.82) is 0 Å². The largest absolute Gasteiger partial charge is 0.482 e. The molecule has 1 fully saturated rings. The molecule has 1 aliphatic heterocycles. The molecule has 2 aromatic carbocycles. The summed E-state index contributed by atoms with van der Waals surface area (Å²) < 4.78 is 6.54. The molecule has 3 aromatic rings. The summed E-state index contributed by atoms with van der Waals surface area (Å²) in [4.78, 5) is 29.4. The van der Waals surface area contributed by atoms with Gasteiger partial charge >= 0.3 is 5.97 Å². The Bertz CT molecular complexity index is 1060. The Morgan fingerprint density at radius 1 is 1.12 bits per heavy atom. The van der Waals surface area contributed by atoms with Crippen LogP contribution in [0.3, 0.4) is 0 Å². The lowest BCUT2D eigenvalue weighted by atomic mass is 10.1. The summed E-state index contributed by atoms with van der Waals surface area (Å²) in [6.07, 6.45) is 3.28. The molecule has 0 bridgehead atoms. The van der Waals surface area contributed by atoms with Crippen LogP contribution in [0.25, 0.3) is 10.1 Å². The van der Waals surface area contributed by atoms with Crippen molar-refractivity contribution < 1.29 is 19.4 Å². The third kappa shape index (κ3) is 5.47. The number of rotatable bonds is 9. The Balaban J connectivity index is 1.48. The summed E-state index contributed by atoms with van der Waals surface area (Å²) in [5, 5.41) is 10.0. The van der Waals surface area contributed by atoms with E-state index in [1.54, 1.807) is 17.4 Å². The van der Waals surface area contributed by atoms with Gasteiger partial charge in [-0.1, -0.05) is 30.3 Å². The zero-order chi connectivity index (χ0) is 22.5. The number of benzene rings is 2. The monoisotopic (exact) mass is 452 g/mol. The summed E-state index contributed by atoms with van der Waals surface area (Å²) in [5.41, 5.74) is 1.02. The van der Waals surface area contributed by atoms with Crippen LogP contribution in [0, 0.1) is 0 Å². The number of hydrogen-bond donors (Lipinski definition) is 1. The summed E-state index contributed by atoms with van der Waals surface area (Å²) >= 11 is 1.68. The van der Waals surface area contributed by atoms with Gasteiger partial charge in [0.15, 0.2) is 6.61 Å². The Labute approximate surface area is 192 Å². The molecule has 1 N–H and O–H groups in total. The zero-order valence-corrected chi connectivity index (χ0v) is 19.0. The number of carbonyl (C=O) groups excluding carboxylic acids is 1. The number of amides is 1.